The molecule has 0 aliphatic heterocycles. The average Bonchev–Trinajstić information content (AvgIpc) is 3.38. The number of hydrogen-bond acceptors (Lipinski definition) is 5. The summed E-state index contributed by atoms with van der Waals surface area (Å²) in [5.74, 6) is -0.00779. The maximum absolute atomic E-state index is 13.1. The molecule has 0 fully saturated rings. The number of furan rings is 1. The Hall–Kier alpha value is -3.31. The van der Waals surface area contributed by atoms with Crippen LogP contribution < -0.4 is 11.2 Å². The van der Waals surface area contributed by atoms with E-state index in [0.717, 1.165) is 6.42 Å². The Morgan fingerprint density at radius 1 is 1.26 bits per heavy atom. The number of alkyl halides is 3. The number of rotatable bonds is 11. The quantitative estimate of drug-likeness (QED) is 0.437. The number of halogens is 3. The summed E-state index contributed by atoms with van der Waals surface area (Å²) in [4.78, 5) is 45.5. The maximum Gasteiger partial charge on any atom is 0.406 e. The predicted octanol–water partition coefficient (Wildman–Crippen LogP) is 3.46. The van der Waals surface area contributed by atoms with Crippen LogP contribution in [0.2, 0.25) is 0 Å². The van der Waals surface area contributed by atoms with E-state index in [0.29, 0.717) is 30.2 Å². The first-order valence-corrected chi connectivity index (χ1v) is 11.6. The van der Waals surface area contributed by atoms with Gasteiger partial charge >= 0.3 is 11.9 Å². The van der Waals surface area contributed by atoms with Crippen molar-refractivity contribution < 1.29 is 22.4 Å². The van der Waals surface area contributed by atoms with Crippen molar-refractivity contribution in [2.45, 2.75) is 72.3 Å². The zero-order valence-electron chi connectivity index (χ0n) is 20.0. The van der Waals surface area contributed by atoms with Crippen molar-refractivity contribution in [1.82, 2.24) is 24.0 Å². The third-order valence-corrected chi connectivity index (χ3v) is 5.46. The number of aryl methyl sites for hydroxylation is 2. The minimum atomic E-state index is -4.57. The second kappa shape index (κ2) is 11.0. The number of amides is 1. The zero-order chi connectivity index (χ0) is 25.8. The first-order chi connectivity index (χ1) is 16.5. The average molecular weight is 498 g/mol. The Balaban J connectivity index is 1.94. The van der Waals surface area contributed by atoms with Crippen molar-refractivity contribution in [3.63, 3.8) is 0 Å². The Morgan fingerprint density at radius 3 is 2.60 bits per heavy atom. The lowest BCUT2D eigenvalue weighted by molar-refractivity contribution is -0.162. The van der Waals surface area contributed by atoms with Gasteiger partial charge in [0.2, 0.25) is 5.91 Å². The van der Waals surface area contributed by atoms with Crippen LogP contribution in [0.15, 0.2) is 32.4 Å². The molecule has 0 aliphatic carbocycles. The number of fused-ring (bicyclic) bond motifs is 1. The normalized spacial score (nSPS) is 12.1. The Kier molecular flexibility index (Phi) is 8.23. The minimum Gasteiger partial charge on any atom is -0.467 e. The SMILES string of the molecule is CCCCn1c(=O)[nH]c(=O)c2c1nc(CCC(=O)N(Cc1ccco1)CC(F)(F)F)n2CC(C)C. The van der Waals surface area contributed by atoms with E-state index in [1.54, 1.807) is 4.57 Å². The first-order valence-electron chi connectivity index (χ1n) is 11.6. The molecule has 1 N–H and O–H groups in total. The number of nitrogens with one attached hydrogen (secondary N) is 1. The van der Waals surface area contributed by atoms with Crippen molar-refractivity contribution >= 4 is 17.1 Å². The van der Waals surface area contributed by atoms with Gasteiger partial charge in [-0.1, -0.05) is 27.2 Å². The Labute approximate surface area is 199 Å². The smallest absolute Gasteiger partial charge is 0.406 e. The lowest BCUT2D eigenvalue weighted by atomic mass is 10.2. The van der Waals surface area contributed by atoms with E-state index in [9.17, 15) is 27.6 Å². The fraction of sp³-hybridized carbons (Fsp3) is 0.565. The van der Waals surface area contributed by atoms with E-state index in [4.69, 9.17) is 4.42 Å². The van der Waals surface area contributed by atoms with Gasteiger partial charge in [0.05, 0.1) is 12.8 Å². The predicted molar refractivity (Wildman–Crippen MR) is 123 cm³/mol. The summed E-state index contributed by atoms with van der Waals surface area (Å²) in [6.07, 6.45) is -1.97. The largest absolute Gasteiger partial charge is 0.467 e. The number of H-pyrrole nitrogens is 1. The van der Waals surface area contributed by atoms with Crippen molar-refractivity contribution in [3.8, 4) is 0 Å². The number of carbonyl (C=O) groups is 1. The van der Waals surface area contributed by atoms with Crippen LogP contribution in [0.3, 0.4) is 0 Å². The Bertz CT molecular complexity index is 1260. The van der Waals surface area contributed by atoms with Gasteiger partial charge in [-0.15, -0.1) is 0 Å². The molecule has 3 aromatic heterocycles. The van der Waals surface area contributed by atoms with Gasteiger partial charge in [0.25, 0.3) is 5.56 Å². The molecule has 192 valence electrons. The second-order valence-electron chi connectivity index (χ2n) is 8.91. The van der Waals surface area contributed by atoms with E-state index >= 15 is 0 Å². The van der Waals surface area contributed by atoms with Crippen molar-refractivity contribution in [3.05, 3.63) is 50.8 Å². The molecular weight excluding hydrogens is 467 g/mol. The van der Waals surface area contributed by atoms with Crippen LogP contribution in [-0.4, -0.2) is 42.6 Å². The van der Waals surface area contributed by atoms with E-state index in [2.05, 4.69) is 9.97 Å². The summed E-state index contributed by atoms with van der Waals surface area (Å²) < 4.78 is 47.5. The monoisotopic (exact) mass is 497 g/mol. The fourth-order valence-electron chi connectivity index (χ4n) is 3.91. The molecule has 0 saturated heterocycles. The van der Waals surface area contributed by atoms with Gasteiger partial charge in [-0.2, -0.15) is 13.2 Å². The molecular formula is C23H30F3N5O4. The highest BCUT2D eigenvalue weighted by atomic mass is 19.4. The van der Waals surface area contributed by atoms with Gasteiger partial charge in [0.15, 0.2) is 11.2 Å². The van der Waals surface area contributed by atoms with E-state index in [1.165, 1.54) is 23.0 Å². The molecule has 3 rings (SSSR count). The molecule has 0 aromatic carbocycles. The molecule has 0 bridgehead atoms. The van der Waals surface area contributed by atoms with Gasteiger partial charge in [-0.25, -0.2) is 9.78 Å². The fourth-order valence-corrected chi connectivity index (χ4v) is 3.91. The van der Waals surface area contributed by atoms with Crippen LogP contribution in [0, 0.1) is 5.92 Å². The molecule has 3 aromatic rings. The molecule has 12 heteroatoms. The zero-order valence-corrected chi connectivity index (χ0v) is 20.0. The molecule has 0 spiro atoms. The number of carbonyl (C=O) groups excluding carboxylic acids is 1. The summed E-state index contributed by atoms with van der Waals surface area (Å²) in [6.45, 7) is 4.88. The van der Waals surface area contributed by atoms with Crippen LogP contribution in [0.25, 0.3) is 11.2 Å². The van der Waals surface area contributed by atoms with E-state index in [1.807, 2.05) is 20.8 Å². The second-order valence-corrected chi connectivity index (χ2v) is 8.91. The van der Waals surface area contributed by atoms with Gasteiger partial charge in [-0.3, -0.25) is 19.1 Å². The highest BCUT2D eigenvalue weighted by Gasteiger charge is 2.33. The summed E-state index contributed by atoms with van der Waals surface area (Å²) >= 11 is 0. The number of aromatic amines is 1. The molecule has 9 nitrogen and oxygen atoms in total. The number of imidazole rings is 1. The summed E-state index contributed by atoms with van der Waals surface area (Å²) in [5.41, 5.74) is -0.708. The van der Waals surface area contributed by atoms with Crippen LogP contribution in [-0.2, 0) is 30.8 Å². The van der Waals surface area contributed by atoms with E-state index < -0.39 is 29.9 Å². The van der Waals surface area contributed by atoms with Gasteiger partial charge < -0.3 is 13.9 Å². The molecule has 0 aliphatic rings. The topological polar surface area (TPSA) is 106 Å². The Morgan fingerprint density at radius 2 is 2.00 bits per heavy atom. The third-order valence-electron chi connectivity index (χ3n) is 5.46. The van der Waals surface area contributed by atoms with Gasteiger partial charge in [0.1, 0.15) is 18.1 Å². The number of unbranched alkanes of at least 4 members (excludes halogenated alkanes) is 1. The third kappa shape index (κ3) is 6.64. The van der Waals surface area contributed by atoms with Gasteiger partial charge in [0, 0.05) is 25.9 Å². The minimum absolute atomic E-state index is 0.00809. The highest BCUT2D eigenvalue weighted by molar-refractivity contribution is 5.77. The molecule has 0 saturated carbocycles. The maximum atomic E-state index is 13.1. The summed E-state index contributed by atoms with van der Waals surface area (Å²) in [7, 11) is 0. The molecule has 0 unspecified atom stereocenters. The standard InChI is InChI=1S/C23H30F3N5O4/c1-4-5-10-30-20-19(21(33)28-22(30)34)31(12-15(2)3)17(27-20)8-9-18(32)29(14-23(24,25)26)13-16-7-6-11-35-16/h6-7,11,15H,4-5,8-10,12-14H2,1-3H3,(H,28,33,34). The lowest BCUT2D eigenvalue weighted by Crippen LogP contribution is -2.38. The van der Waals surface area contributed by atoms with Crippen LogP contribution >= 0.6 is 0 Å². The van der Waals surface area contributed by atoms with Crippen LogP contribution in [0.1, 0.15) is 51.6 Å². The number of aromatic nitrogens is 4. The van der Waals surface area contributed by atoms with Crippen molar-refractivity contribution in [1.29, 1.82) is 0 Å². The molecule has 1 amide bonds. The summed E-state index contributed by atoms with van der Waals surface area (Å²) in [6, 6.07) is 3.04. The van der Waals surface area contributed by atoms with Crippen LogP contribution in [0.5, 0.6) is 0 Å². The van der Waals surface area contributed by atoms with Crippen LogP contribution in [0.4, 0.5) is 13.2 Å². The number of hydrogen-bond donors (Lipinski definition) is 1. The molecule has 0 atom stereocenters. The highest BCUT2D eigenvalue weighted by Crippen LogP contribution is 2.21. The molecule has 0 radical (unpaired) electrons. The molecule has 35 heavy (non-hydrogen) atoms. The number of nitrogens with zero attached hydrogens (tertiary/aromatic N) is 4. The summed E-state index contributed by atoms with van der Waals surface area (Å²) in [5, 5.41) is 0. The van der Waals surface area contributed by atoms with E-state index in [-0.39, 0.29) is 42.2 Å². The van der Waals surface area contributed by atoms with Gasteiger partial charge in [-0.05, 0) is 24.5 Å². The lowest BCUT2D eigenvalue weighted by Gasteiger charge is -2.23. The van der Waals surface area contributed by atoms with Crippen molar-refractivity contribution in [2.24, 2.45) is 5.92 Å². The first kappa shape index (κ1) is 26.3. The van der Waals surface area contributed by atoms with Crippen molar-refractivity contribution in [2.75, 3.05) is 6.54 Å². The molecule has 3 heterocycles.